The van der Waals surface area contributed by atoms with Gasteiger partial charge in [0.15, 0.2) is 18.3 Å². The van der Waals surface area contributed by atoms with Crippen LogP contribution in [0.1, 0.15) is 76.2 Å². The summed E-state index contributed by atoms with van der Waals surface area (Å²) in [5.41, 5.74) is 9.03. The summed E-state index contributed by atoms with van der Waals surface area (Å²) in [5, 5.41) is 0. The molecule has 0 saturated heterocycles. The van der Waals surface area contributed by atoms with Gasteiger partial charge >= 0.3 is 0 Å². The number of allylic oxidation sites excluding steroid dienone is 2. The maximum absolute atomic E-state index is 5.36. The Bertz CT molecular complexity index is 519. The van der Waals surface area contributed by atoms with Crippen molar-refractivity contribution in [1.29, 1.82) is 0 Å². The number of nitrogen functional groups attached to an aromatic ring is 1. The lowest BCUT2D eigenvalue weighted by Gasteiger charge is -1.91. The topological polar surface area (TPSA) is 29.9 Å². The van der Waals surface area contributed by atoms with Crippen LogP contribution in [0.4, 0.5) is 5.69 Å². The molecule has 3 heteroatoms. The maximum atomic E-state index is 5.36. The minimum atomic E-state index is 0.822. The molecule has 0 aliphatic carbocycles. The number of hydrogen-bond acceptors (Lipinski definition) is 2. The maximum Gasteiger partial charge on any atom is 0.194 e. The van der Waals surface area contributed by atoms with Crippen molar-refractivity contribution in [2.45, 2.75) is 82.0 Å². The summed E-state index contributed by atoms with van der Waals surface area (Å²) >= 11 is 1.92. The fourth-order valence-electron chi connectivity index (χ4n) is 1.17. The highest BCUT2D eigenvalue weighted by atomic mass is 32.2. The average Bonchev–Trinajstić information content (AvgIpc) is 2.78. The van der Waals surface area contributed by atoms with Crippen LogP contribution >= 0.6 is 11.8 Å². The van der Waals surface area contributed by atoms with E-state index in [1.165, 1.54) is 16.9 Å². The van der Waals surface area contributed by atoms with Crippen molar-refractivity contribution in [3.63, 3.8) is 0 Å². The molecule has 168 valence electrons. The van der Waals surface area contributed by atoms with E-state index in [9.17, 15) is 0 Å². The van der Waals surface area contributed by atoms with Crippen molar-refractivity contribution in [1.82, 2.24) is 0 Å². The molecule has 29 heavy (non-hydrogen) atoms. The molecule has 1 heterocycles. The van der Waals surface area contributed by atoms with Gasteiger partial charge in [0.2, 0.25) is 0 Å². The van der Waals surface area contributed by atoms with E-state index < -0.39 is 0 Å². The zero-order chi connectivity index (χ0) is 23.5. The SMILES string of the molecule is CC.CC.CC.CC(C)=C(C)C.CCSC[n+]1ccccc1.Nc1ccccc1. The molecule has 2 nitrogen and oxygen atoms in total. The summed E-state index contributed by atoms with van der Waals surface area (Å²) in [6.45, 7) is 22.7. The summed E-state index contributed by atoms with van der Waals surface area (Å²) in [6, 6.07) is 15.6. The zero-order valence-electron chi connectivity index (χ0n) is 21.1. The molecule has 2 rings (SSSR count). The Morgan fingerprint density at radius 2 is 1.10 bits per heavy atom. The van der Waals surface area contributed by atoms with Crippen LogP contribution in [-0.4, -0.2) is 5.75 Å². The molecule has 2 aromatic rings. The highest BCUT2D eigenvalue weighted by Crippen LogP contribution is 1.97. The Hall–Kier alpha value is -1.74. The van der Waals surface area contributed by atoms with Crippen molar-refractivity contribution in [2.24, 2.45) is 0 Å². The lowest BCUT2D eigenvalue weighted by atomic mass is 10.2. The largest absolute Gasteiger partial charge is 0.399 e. The van der Waals surface area contributed by atoms with E-state index in [0.29, 0.717) is 0 Å². The Labute approximate surface area is 187 Å². The van der Waals surface area contributed by atoms with Crippen molar-refractivity contribution in [3.05, 3.63) is 72.1 Å². The number of aromatic nitrogens is 1. The van der Waals surface area contributed by atoms with Gasteiger partial charge in [0.25, 0.3) is 0 Å². The van der Waals surface area contributed by atoms with E-state index >= 15 is 0 Å². The van der Waals surface area contributed by atoms with Crippen molar-refractivity contribution >= 4 is 17.4 Å². The van der Waals surface area contributed by atoms with Crippen molar-refractivity contribution < 1.29 is 4.57 Å². The summed E-state index contributed by atoms with van der Waals surface area (Å²) in [6.07, 6.45) is 4.17. The average molecular weight is 422 g/mol. The van der Waals surface area contributed by atoms with Crippen LogP contribution in [0.5, 0.6) is 0 Å². The van der Waals surface area contributed by atoms with Gasteiger partial charge in [0.1, 0.15) is 0 Å². The van der Waals surface area contributed by atoms with Crippen LogP contribution in [-0.2, 0) is 5.88 Å². The third-order valence-electron chi connectivity index (χ3n) is 3.02. The van der Waals surface area contributed by atoms with Gasteiger partial charge in [-0.15, -0.1) is 0 Å². The van der Waals surface area contributed by atoms with Gasteiger partial charge in [-0.1, -0.05) is 95.6 Å². The summed E-state index contributed by atoms with van der Waals surface area (Å²) in [7, 11) is 0. The van der Waals surface area contributed by atoms with E-state index in [-0.39, 0.29) is 0 Å². The van der Waals surface area contributed by atoms with Crippen molar-refractivity contribution in [3.8, 4) is 0 Å². The van der Waals surface area contributed by atoms with Gasteiger partial charge in [-0.05, 0) is 45.6 Å². The number of pyridine rings is 1. The first-order valence-electron chi connectivity index (χ1n) is 10.9. The Kier molecular flexibility index (Phi) is 37.1. The monoisotopic (exact) mass is 421 g/mol. The Morgan fingerprint density at radius 1 is 0.724 bits per heavy atom. The highest BCUT2D eigenvalue weighted by Gasteiger charge is 1.93. The summed E-state index contributed by atoms with van der Waals surface area (Å²) < 4.78 is 2.17. The zero-order valence-corrected chi connectivity index (χ0v) is 21.9. The number of nitrogens with two attached hydrogens (primary N) is 1. The molecular weight excluding hydrogens is 372 g/mol. The van der Waals surface area contributed by atoms with E-state index in [4.69, 9.17) is 5.73 Å². The third kappa shape index (κ3) is 31.2. The number of hydrogen-bond donors (Lipinski definition) is 1. The van der Waals surface area contributed by atoms with E-state index in [2.05, 4.69) is 63.7 Å². The lowest BCUT2D eigenvalue weighted by Crippen LogP contribution is -2.30. The number of rotatable bonds is 3. The first-order chi connectivity index (χ1) is 14.0. The Balaban J connectivity index is -0.000000147. The van der Waals surface area contributed by atoms with E-state index in [1.807, 2.05) is 89.7 Å². The van der Waals surface area contributed by atoms with Crippen LogP contribution < -0.4 is 10.3 Å². The number of benzene rings is 1. The highest BCUT2D eigenvalue weighted by molar-refractivity contribution is 7.98. The van der Waals surface area contributed by atoms with Crippen LogP contribution in [0, 0.1) is 0 Å². The molecule has 0 fully saturated rings. The molecule has 0 unspecified atom stereocenters. The van der Waals surface area contributed by atoms with Crippen LogP contribution in [0.15, 0.2) is 72.1 Å². The van der Waals surface area contributed by atoms with Crippen molar-refractivity contribution in [2.75, 3.05) is 11.5 Å². The minimum Gasteiger partial charge on any atom is -0.399 e. The molecule has 1 aromatic carbocycles. The van der Waals surface area contributed by atoms with Crippen LogP contribution in [0.2, 0.25) is 0 Å². The quantitative estimate of drug-likeness (QED) is 0.306. The van der Waals surface area contributed by atoms with Gasteiger partial charge in [-0.25, -0.2) is 0 Å². The second-order valence-corrected chi connectivity index (χ2v) is 6.67. The molecule has 0 atom stereocenters. The first-order valence-corrected chi connectivity index (χ1v) is 12.1. The predicted octanol–water partition coefficient (Wildman–Crippen LogP) is 8.39. The molecule has 0 spiro atoms. The third-order valence-corrected chi connectivity index (χ3v) is 3.91. The molecular formula is C26H49N2S+. The molecule has 0 aliphatic heterocycles. The van der Waals surface area contributed by atoms with Crippen LogP contribution in [0.25, 0.3) is 0 Å². The first kappa shape index (κ1) is 34.7. The second kappa shape index (κ2) is 31.0. The summed E-state index contributed by atoms with van der Waals surface area (Å²) in [5.74, 6) is 2.25. The molecule has 0 radical (unpaired) electrons. The normalized spacial score (nSPS) is 7.69. The number of anilines is 1. The van der Waals surface area contributed by atoms with E-state index in [1.54, 1.807) is 0 Å². The molecule has 0 aliphatic rings. The van der Waals surface area contributed by atoms with Gasteiger partial charge in [-0.2, -0.15) is 4.57 Å². The van der Waals surface area contributed by atoms with Gasteiger partial charge < -0.3 is 5.73 Å². The van der Waals surface area contributed by atoms with E-state index in [0.717, 1.165) is 11.6 Å². The van der Waals surface area contributed by atoms with Gasteiger partial charge in [0, 0.05) is 17.8 Å². The number of nitrogens with zero attached hydrogens (tertiary/aromatic N) is 1. The molecule has 0 amide bonds. The fraction of sp³-hybridized carbons (Fsp3) is 0.500. The minimum absolute atomic E-state index is 0.822. The van der Waals surface area contributed by atoms with Crippen LogP contribution in [0.3, 0.4) is 0 Å². The fourth-order valence-corrected chi connectivity index (χ4v) is 1.74. The van der Waals surface area contributed by atoms with Gasteiger partial charge in [0.05, 0.1) is 0 Å². The molecule has 1 aromatic heterocycles. The standard InChI is InChI=1S/C8H12NS.C6H7N.C6H12.3C2H6/c1-2-10-8-9-6-4-3-5-7-9;7-6-4-2-1-3-5-6;1-5(2)6(3)4;3*1-2/h3-7H,2,8H2,1H3;1-5H,7H2;1-4H3;3*1-2H3/q+1;;;;;. The molecule has 0 saturated carbocycles. The smallest absolute Gasteiger partial charge is 0.194 e. The Morgan fingerprint density at radius 3 is 1.38 bits per heavy atom. The molecule has 2 N–H and O–H groups in total. The molecule has 0 bridgehead atoms. The number of thioether (sulfide) groups is 1. The van der Waals surface area contributed by atoms with Gasteiger partial charge in [-0.3, -0.25) is 0 Å². The second-order valence-electron chi connectivity index (χ2n) is 5.42. The lowest BCUT2D eigenvalue weighted by molar-refractivity contribution is -0.675. The number of para-hydroxylation sites is 1. The summed E-state index contributed by atoms with van der Waals surface area (Å²) in [4.78, 5) is 0. The predicted molar refractivity (Wildman–Crippen MR) is 139 cm³/mol.